The van der Waals surface area contributed by atoms with Crippen LogP contribution in [0.4, 0.5) is 13.2 Å². The standard InChI is InChI=1S/C22H22F3N5O2/c1-2-9-29-10-12-30(13-11-29)21(31)16-5-8-18(26-14-16)20-27-19(28-32-20)15-3-6-17(7-4-15)22(23,24)25/h3-8,14H,2,9-13H2,1H3. The van der Waals surface area contributed by atoms with E-state index in [1.54, 1.807) is 12.1 Å². The zero-order chi connectivity index (χ0) is 22.7. The number of hydrogen-bond donors (Lipinski definition) is 0. The molecule has 1 aliphatic heterocycles. The summed E-state index contributed by atoms with van der Waals surface area (Å²) in [6.45, 7) is 6.26. The fourth-order valence-electron chi connectivity index (χ4n) is 3.57. The summed E-state index contributed by atoms with van der Waals surface area (Å²) < 4.78 is 43.4. The number of carbonyl (C=O) groups is 1. The molecule has 32 heavy (non-hydrogen) atoms. The number of rotatable bonds is 5. The summed E-state index contributed by atoms with van der Waals surface area (Å²) in [4.78, 5) is 25.4. The highest BCUT2D eigenvalue weighted by atomic mass is 19.4. The number of piperazine rings is 1. The Morgan fingerprint density at radius 1 is 1.06 bits per heavy atom. The van der Waals surface area contributed by atoms with E-state index in [1.807, 2.05) is 4.90 Å². The highest BCUT2D eigenvalue weighted by molar-refractivity contribution is 5.94. The number of hydrogen-bond acceptors (Lipinski definition) is 6. The minimum absolute atomic E-state index is 0.0730. The molecule has 1 fully saturated rings. The van der Waals surface area contributed by atoms with Gasteiger partial charge in [0.05, 0.1) is 11.1 Å². The van der Waals surface area contributed by atoms with Gasteiger partial charge in [0.15, 0.2) is 0 Å². The van der Waals surface area contributed by atoms with Crippen LogP contribution >= 0.6 is 0 Å². The summed E-state index contributed by atoms with van der Waals surface area (Å²) >= 11 is 0. The molecule has 0 bridgehead atoms. The Hall–Kier alpha value is -3.27. The first-order chi connectivity index (χ1) is 15.3. The van der Waals surface area contributed by atoms with Crippen LogP contribution in [-0.2, 0) is 6.18 Å². The molecule has 168 valence electrons. The van der Waals surface area contributed by atoms with Crippen LogP contribution in [0.25, 0.3) is 23.0 Å². The minimum Gasteiger partial charge on any atom is -0.336 e. The number of nitrogens with zero attached hydrogens (tertiary/aromatic N) is 5. The molecule has 1 amide bonds. The predicted octanol–water partition coefficient (Wildman–Crippen LogP) is 3.99. The van der Waals surface area contributed by atoms with Crippen molar-refractivity contribution >= 4 is 5.91 Å². The van der Waals surface area contributed by atoms with Crippen LogP contribution in [0.15, 0.2) is 47.1 Å². The van der Waals surface area contributed by atoms with Crippen LogP contribution in [-0.4, -0.2) is 63.6 Å². The lowest BCUT2D eigenvalue weighted by molar-refractivity contribution is -0.137. The molecule has 1 saturated heterocycles. The van der Waals surface area contributed by atoms with Crippen molar-refractivity contribution in [2.24, 2.45) is 0 Å². The molecule has 0 radical (unpaired) electrons. The smallest absolute Gasteiger partial charge is 0.336 e. The van der Waals surface area contributed by atoms with Gasteiger partial charge >= 0.3 is 6.18 Å². The normalized spacial score (nSPS) is 15.2. The van der Waals surface area contributed by atoms with Crippen LogP contribution in [0.1, 0.15) is 29.3 Å². The maximum Gasteiger partial charge on any atom is 0.416 e. The fraction of sp³-hybridized carbons (Fsp3) is 0.364. The van der Waals surface area contributed by atoms with Crippen molar-refractivity contribution in [1.82, 2.24) is 24.9 Å². The average molecular weight is 445 g/mol. The number of carbonyl (C=O) groups excluding carboxylic acids is 1. The van der Waals surface area contributed by atoms with E-state index in [0.717, 1.165) is 38.2 Å². The lowest BCUT2D eigenvalue weighted by Gasteiger charge is -2.34. The topological polar surface area (TPSA) is 75.4 Å². The van der Waals surface area contributed by atoms with Gasteiger partial charge in [-0.2, -0.15) is 18.2 Å². The van der Waals surface area contributed by atoms with Crippen molar-refractivity contribution in [2.75, 3.05) is 32.7 Å². The highest BCUT2D eigenvalue weighted by Gasteiger charge is 2.30. The molecule has 0 spiro atoms. The molecule has 0 N–H and O–H groups in total. The van der Waals surface area contributed by atoms with Gasteiger partial charge in [-0.05, 0) is 37.2 Å². The van der Waals surface area contributed by atoms with Gasteiger partial charge in [-0.25, -0.2) is 0 Å². The van der Waals surface area contributed by atoms with Crippen molar-refractivity contribution in [3.8, 4) is 23.0 Å². The zero-order valence-electron chi connectivity index (χ0n) is 17.5. The number of halogens is 3. The third-order valence-electron chi connectivity index (χ3n) is 5.33. The second-order valence-electron chi connectivity index (χ2n) is 7.56. The lowest BCUT2D eigenvalue weighted by atomic mass is 10.1. The molecule has 0 aliphatic carbocycles. The Morgan fingerprint density at radius 2 is 1.78 bits per heavy atom. The van der Waals surface area contributed by atoms with Crippen molar-refractivity contribution in [1.29, 1.82) is 0 Å². The van der Waals surface area contributed by atoms with Crippen LogP contribution in [0.3, 0.4) is 0 Å². The Labute approximate surface area is 182 Å². The average Bonchev–Trinajstić information content (AvgIpc) is 3.29. The van der Waals surface area contributed by atoms with E-state index in [0.29, 0.717) is 29.9 Å². The van der Waals surface area contributed by atoms with E-state index in [2.05, 4.69) is 26.9 Å². The first kappa shape index (κ1) is 21.9. The third-order valence-corrected chi connectivity index (χ3v) is 5.33. The molecule has 0 unspecified atom stereocenters. The highest BCUT2D eigenvalue weighted by Crippen LogP contribution is 2.30. The maximum atomic E-state index is 12.7. The van der Waals surface area contributed by atoms with Gasteiger partial charge in [-0.3, -0.25) is 14.7 Å². The first-order valence-electron chi connectivity index (χ1n) is 10.3. The Morgan fingerprint density at radius 3 is 2.38 bits per heavy atom. The Bertz CT molecular complexity index is 1060. The quantitative estimate of drug-likeness (QED) is 0.591. The number of pyridine rings is 1. The van der Waals surface area contributed by atoms with Gasteiger partial charge in [0.1, 0.15) is 5.69 Å². The number of alkyl halides is 3. The molecular formula is C22H22F3N5O2. The van der Waals surface area contributed by atoms with Crippen LogP contribution in [0.5, 0.6) is 0 Å². The molecule has 1 aliphatic rings. The number of aromatic nitrogens is 3. The second-order valence-corrected chi connectivity index (χ2v) is 7.56. The van der Waals surface area contributed by atoms with Crippen molar-refractivity contribution < 1.29 is 22.5 Å². The maximum absolute atomic E-state index is 12.7. The summed E-state index contributed by atoms with van der Waals surface area (Å²) in [6.07, 6.45) is -1.85. The van der Waals surface area contributed by atoms with Gasteiger partial charge in [0.2, 0.25) is 5.82 Å². The summed E-state index contributed by atoms with van der Waals surface area (Å²) in [5, 5.41) is 3.82. The Kier molecular flexibility index (Phi) is 6.22. The lowest BCUT2D eigenvalue weighted by Crippen LogP contribution is -2.48. The fourth-order valence-corrected chi connectivity index (χ4v) is 3.57. The van der Waals surface area contributed by atoms with Gasteiger partial charge in [-0.1, -0.05) is 24.2 Å². The van der Waals surface area contributed by atoms with E-state index < -0.39 is 11.7 Å². The van der Waals surface area contributed by atoms with Gasteiger partial charge in [0.25, 0.3) is 11.8 Å². The summed E-state index contributed by atoms with van der Waals surface area (Å²) in [5.41, 5.74) is 0.487. The SMILES string of the molecule is CCCN1CCN(C(=O)c2ccc(-c3nc(-c4ccc(C(F)(F)F)cc4)no3)nc2)CC1. The molecule has 7 nitrogen and oxygen atoms in total. The van der Waals surface area contributed by atoms with Crippen LogP contribution in [0, 0.1) is 0 Å². The first-order valence-corrected chi connectivity index (χ1v) is 10.3. The van der Waals surface area contributed by atoms with Crippen LogP contribution < -0.4 is 0 Å². The van der Waals surface area contributed by atoms with Gasteiger partial charge in [0, 0.05) is 37.9 Å². The largest absolute Gasteiger partial charge is 0.416 e. The van der Waals surface area contributed by atoms with E-state index in [4.69, 9.17) is 4.52 Å². The van der Waals surface area contributed by atoms with E-state index >= 15 is 0 Å². The number of benzene rings is 1. The molecule has 1 aromatic carbocycles. The molecule has 10 heteroatoms. The van der Waals surface area contributed by atoms with Gasteiger partial charge in [-0.15, -0.1) is 0 Å². The van der Waals surface area contributed by atoms with Gasteiger partial charge < -0.3 is 9.42 Å². The summed E-state index contributed by atoms with van der Waals surface area (Å²) in [6, 6.07) is 7.77. The van der Waals surface area contributed by atoms with Crippen molar-refractivity contribution in [2.45, 2.75) is 19.5 Å². The molecule has 4 rings (SSSR count). The molecule has 3 aromatic rings. The second kappa shape index (κ2) is 9.07. The summed E-state index contributed by atoms with van der Waals surface area (Å²) in [7, 11) is 0. The zero-order valence-corrected chi connectivity index (χ0v) is 17.5. The van der Waals surface area contributed by atoms with Crippen LogP contribution in [0.2, 0.25) is 0 Å². The van der Waals surface area contributed by atoms with E-state index in [1.165, 1.54) is 18.3 Å². The molecule has 0 saturated carbocycles. The molecule has 0 atom stereocenters. The predicted molar refractivity (Wildman–Crippen MR) is 111 cm³/mol. The number of amides is 1. The molecule has 3 heterocycles. The van der Waals surface area contributed by atoms with Crippen molar-refractivity contribution in [3.05, 3.63) is 53.7 Å². The van der Waals surface area contributed by atoms with E-state index in [-0.39, 0.29) is 17.6 Å². The minimum atomic E-state index is -4.41. The van der Waals surface area contributed by atoms with Crippen molar-refractivity contribution in [3.63, 3.8) is 0 Å². The molecule has 2 aromatic heterocycles. The monoisotopic (exact) mass is 445 g/mol. The van der Waals surface area contributed by atoms with E-state index in [9.17, 15) is 18.0 Å². The molecular weight excluding hydrogens is 423 g/mol. The summed E-state index contributed by atoms with van der Waals surface area (Å²) in [5.74, 6) is 0.198. The Balaban J connectivity index is 1.43. The third kappa shape index (κ3) is 4.80.